The number of nitrogens with two attached hydrogens (primary N) is 1. The van der Waals surface area contributed by atoms with Crippen LogP contribution in [0.3, 0.4) is 0 Å². The second-order valence-corrected chi connectivity index (χ2v) is 10.8. The highest BCUT2D eigenvalue weighted by molar-refractivity contribution is 5.99. The number of anilines is 4. The van der Waals surface area contributed by atoms with Crippen LogP contribution in [0.1, 0.15) is 52.0 Å². The average Bonchev–Trinajstić information content (AvgIpc) is 3.01. The predicted octanol–water partition coefficient (Wildman–Crippen LogP) is 4.60. The van der Waals surface area contributed by atoms with Crippen LogP contribution in [0.5, 0.6) is 5.75 Å². The summed E-state index contributed by atoms with van der Waals surface area (Å²) in [4.78, 5) is 35.0. The van der Waals surface area contributed by atoms with Crippen LogP contribution in [0, 0.1) is 5.82 Å². The van der Waals surface area contributed by atoms with Crippen LogP contribution < -0.4 is 26.4 Å². The fourth-order valence-corrected chi connectivity index (χ4v) is 5.60. The van der Waals surface area contributed by atoms with Crippen molar-refractivity contribution in [1.82, 2.24) is 20.2 Å². The molecule has 2 aromatic carbocycles. The van der Waals surface area contributed by atoms with Crippen molar-refractivity contribution in [3.05, 3.63) is 65.1 Å². The molecular weight excluding hydrogens is 598 g/mol. The molecule has 5 N–H and O–H groups in total. The number of methoxy groups -OCH3 is 1. The van der Waals surface area contributed by atoms with Gasteiger partial charge in [-0.1, -0.05) is 6.07 Å². The maximum atomic E-state index is 14.2. The summed E-state index contributed by atoms with van der Waals surface area (Å²) in [7, 11) is 1.38. The molecule has 2 amide bonds. The lowest BCUT2D eigenvalue weighted by Crippen LogP contribution is -2.47. The minimum atomic E-state index is -4.88. The highest BCUT2D eigenvalue weighted by Gasteiger charge is 2.36. The van der Waals surface area contributed by atoms with Gasteiger partial charge in [-0.2, -0.15) is 18.2 Å². The summed E-state index contributed by atoms with van der Waals surface area (Å²) >= 11 is 0. The summed E-state index contributed by atoms with van der Waals surface area (Å²) in [6, 6.07) is 8.47. The topological polar surface area (TPSA) is 144 Å². The molecule has 3 aromatic rings. The summed E-state index contributed by atoms with van der Waals surface area (Å²) in [6.45, 7) is 3.36. The molecule has 1 aromatic heterocycles. The zero-order chi connectivity index (χ0) is 32.1. The third-order valence-electron chi connectivity index (χ3n) is 7.91. The van der Waals surface area contributed by atoms with E-state index in [0.717, 1.165) is 58.1 Å². The number of benzene rings is 2. The molecular formula is C30H33F4N7O4. The van der Waals surface area contributed by atoms with Gasteiger partial charge in [-0.25, -0.2) is 9.37 Å². The van der Waals surface area contributed by atoms with Crippen molar-refractivity contribution in [3.63, 3.8) is 0 Å². The molecule has 2 heterocycles. The third kappa shape index (κ3) is 7.60. The molecule has 15 heteroatoms. The van der Waals surface area contributed by atoms with Gasteiger partial charge in [-0.15, -0.1) is 0 Å². The molecule has 1 aliphatic heterocycles. The van der Waals surface area contributed by atoms with Crippen molar-refractivity contribution >= 4 is 35.0 Å². The second kappa shape index (κ2) is 13.6. The number of primary amides is 1. The number of nitrogens with one attached hydrogen (secondary N) is 3. The Morgan fingerprint density at radius 1 is 1.04 bits per heavy atom. The van der Waals surface area contributed by atoms with Crippen molar-refractivity contribution in [2.24, 2.45) is 5.73 Å². The summed E-state index contributed by atoms with van der Waals surface area (Å²) in [5.74, 6) is -3.25. The standard InChI is InChI=1S/C30H33F4N7O4/c1-44-24-15-17(28(43)37-18-6-8-19(9-7-18)41-11-13-45-14-12-41)5-10-22(24)39-29-36-16-20(30(32,33)34)27(40-29)38-23-4-2-3-21(31)25(23)26(35)42/h2-5,10,15-16,18-19H,6-9,11-14H2,1H3,(H2,35,42)(H,37,43)(H2,36,38,39,40). The number of rotatable bonds is 9. The summed E-state index contributed by atoms with van der Waals surface area (Å²) in [5.41, 5.74) is 3.67. The van der Waals surface area contributed by atoms with E-state index in [2.05, 4.69) is 30.8 Å². The first-order valence-electron chi connectivity index (χ1n) is 14.4. The van der Waals surface area contributed by atoms with Crippen LogP contribution in [0.25, 0.3) is 0 Å². The Morgan fingerprint density at radius 2 is 1.78 bits per heavy atom. The molecule has 5 rings (SSSR count). The van der Waals surface area contributed by atoms with E-state index in [1.807, 2.05) is 0 Å². The monoisotopic (exact) mass is 631 g/mol. The van der Waals surface area contributed by atoms with Gasteiger partial charge >= 0.3 is 6.18 Å². The van der Waals surface area contributed by atoms with Crippen LogP contribution in [0.4, 0.5) is 40.7 Å². The van der Waals surface area contributed by atoms with E-state index in [4.69, 9.17) is 15.2 Å². The quantitative estimate of drug-likeness (QED) is 0.249. The Hall–Kier alpha value is -4.50. The zero-order valence-corrected chi connectivity index (χ0v) is 24.4. The van der Waals surface area contributed by atoms with Crippen LogP contribution in [-0.4, -0.2) is 72.2 Å². The number of morpholine rings is 1. The van der Waals surface area contributed by atoms with E-state index in [1.165, 1.54) is 31.4 Å². The van der Waals surface area contributed by atoms with Gasteiger partial charge in [0.05, 0.1) is 37.3 Å². The van der Waals surface area contributed by atoms with E-state index < -0.39 is 34.8 Å². The number of alkyl halides is 3. The van der Waals surface area contributed by atoms with E-state index in [-0.39, 0.29) is 35.0 Å². The minimum absolute atomic E-state index is 0.0400. The first-order valence-corrected chi connectivity index (χ1v) is 14.4. The fraction of sp³-hybridized carbons (Fsp3) is 0.400. The van der Waals surface area contributed by atoms with Gasteiger partial charge in [-0.3, -0.25) is 14.5 Å². The molecule has 45 heavy (non-hydrogen) atoms. The van der Waals surface area contributed by atoms with E-state index in [0.29, 0.717) is 17.8 Å². The van der Waals surface area contributed by atoms with E-state index in [1.54, 1.807) is 6.07 Å². The highest BCUT2D eigenvalue weighted by Crippen LogP contribution is 2.37. The highest BCUT2D eigenvalue weighted by atomic mass is 19.4. The minimum Gasteiger partial charge on any atom is -0.495 e. The second-order valence-electron chi connectivity index (χ2n) is 10.8. The van der Waals surface area contributed by atoms with E-state index >= 15 is 0 Å². The smallest absolute Gasteiger partial charge is 0.421 e. The van der Waals surface area contributed by atoms with Crippen molar-refractivity contribution in [2.75, 3.05) is 44.0 Å². The lowest BCUT2D eigenvalue weighted by Gasteiger charge is -2.38. The molecule has 0 unspecified atom stereocenters. The molecule has 2 fully saturated rings. The molecule has 0 radical (unpaired) electrons. The Balaban J connectivity index is 1.30. The van der Waals surface area contributed by atoms with Crippen molar-refractivity contribution in [2.45, 2.75) is 43.9 Å². The largest absolute Gasteiger partial charge is 0.495 e. The normalized spacial score (nSPS) is 19.0. The number of carbonyl (C=O) groups excluding carboxylic acids is 2. The SMILES string of the molecule is COc1cc(C(=O)NC2CCC(N3CCOCC3)CC2)ccc1Nc1ncc(C(F)(F)F)c(Nc2cccc(F)c2C(N)=O)n1. The molecule has 1 saturated heterocycles. The van der Waals surface area contributed by atoms with Gasteiger partial charge in [0.1, 0.15) is 22.9 Å². The maximum absolute atomic E-state index is 14.2. The number of ether oxygens (including phenoxy) is 2. The fourth-order valence-electron chi connectivity index (χ4n) is 5.60. The molecule has 240 valence electrons. The number of hydrogen-bond donors (Lipinski definition) is 4. The van der Waals surface area contributed by atoms with Gasteiger partial charge in [-0.05, 0) is 56.0 Å². The van der Waals surface area contributed by atoms with Gasteiger partial charge < -0.3 is 31.2 Å². The average molecular weight is 632 g/mol. The maximum Gasteiger partial charge on any atom is 0.421 e. The van der Waals surface area contributed by atoms with Crippen LogP contribution in [0.15, 0.2) is 42.6 Å². The van der Waals surface area contributed by atoms with E-state index in [9.17, 15) is 27.2 Å². The van der Waals surface area contributed by atoms with Crippen LogP contribution in [-0.2, 0) is 10.9 Å². The zero-order valence-electron chi connectivity index (χ0n) is 24.4. The summed E-state index contributed by atoms with van der Waals surface area (Å²) in [6.07, 6.45) is -0.627. The third-order valence-corrected chi connectivity index (χ3v) is 7.91. The van der Waals surface area contributed by atoms with Crippen molar-refractivity contribution < 1.29 is 36.6 Å². The number of aromatic nitrogens is 2. The lowest BCUT2D eigenvalue weighted by molar-refractivity contribution is -0.137. The Morgan fingerprint density at radius 3 is 2.44 bits per heavy atom. The molecule has 0 atom stereocenters. The first-order chi connectivity index (χ1) is 21.5. The Kier molecular flexibility index (Phi) is 9.68. The molecule has 0 bridgehead atoms. The van der Waals surface area contributed by atoms with Crippen molar-refractivity contribution in [3.8, 4) is 5.75 Å². The number of hydrogen-bond acceptors (Lipinski definition) is 9. The molecule has 1 aliphatic carbocycles. The molecule has 2 aliphatic rings. The van der Waals surface area contributed by atoms with Crippen LogP contribution in [0.2, 0.25) is 0 Å². The number of nitrogens with zero attached hydrogens (tertiary/aromatic N) is 3. The molecule has 1 saturated carbocycles. The van der Waals surface area contributed by atoms with Gasteiger partial charge in [0, 0.05) is 36.9 Å². The molecule has 11 nitrogen and oxygen atoms in total. The molecule has 0 spiro atoms. The number of carbonyl (C=O) groups is 2. The van der Waals surface area contributed by atoms with Gasteiger partial charge in [0.25, 0.3) is 11.8 Å². The lowest BCUT2D eigenvalue weighted by atomic mass is 9.89. The Labute approximate surface area is 256 Å². The van der Waals surface area contributed by atoms with Gasteiger partial charge in [0.15, 0.2) is 0 Å². The Bertz CT molecular complexity index is 1540. The van der Waals surface area contributed by atoms with Crippen molar-refractivity contribution in [1.29, 1.82) is 0 Å². The predicted molar refractivity (Wildman–Crippen MR) is 157 cm³/mol. The summed E-state index contributed by atoms with van der Waals surface area (Å²) < 4.78 is 66.5. The number of amides is 2. The van der Waals surface area contributed by atoms with Crippen LogP contribution >= 0.6 is 0 Å². The number of halogens is 4. The summed E-state index contributed by atoms with van der Waals surface area (Å²) in [5, 5.41) is 8.25. The van der Waals surface area contributed by atoms with Gasteiger partial charge in [0.2, 0.25) is 5.95 Å². The first kappa shape index (κ1) is 31.9.